The van der Waals surface area contributed by atoms with Crippen molar-refractivity contribution in [3.8, 4) is 5.75 Å². The minimum absolute atomic E-state index is 0.0404. The molecule has 3 aliphatic rings. The number of primary amides is 1. The SMILES string of the molecule is NC(=O)[C@@H]1OC(=O)N2c3ccc(N4CCOCC4=O)cc3OC[C@@H]12. The molecule has 0 aliphatic carbocycles. The molecule has 2 atom stereocenters. The van der Waals surface area contributed by atoms with Crippen LogP contribution in [0.3, 0.4) is 0 Å². The van der Waals surface area contributed by atoms with Gasteiger partial charge in [0.2, 0.25) is 6.10 Å². The lowest BCUT2D eigenvalue weighted by Crippen LogP contribution is -2.48. The fourth-order valence-corrected chi connectivity index (χ4v) is 3.15. The summed E-state index contributed by atoms with van der Waals surface area (Å²) >= 11 is 0. The summed E-state index contributed by atoms with van der Waals surface area (Å²) in [7, 11) is 0. The zero-order valence-electron chi connectivity index (χ0n) is 12.6. The van der Waals surface area contributed by atoms with Crippen molar-refractivity contribution in [2.45, 2.75) is 12.1 Å². The quantitative estimate of drug-likeness (QED) is 0.790. The first kappa shape index (κ1) is 14.8. The van der Waals surface area contributed by atoms with Gasteiger partial charge >= 0.3 is 6.09 Å². The van der Waals surface area contributed by atoms with Gasteiger partial charge in [0.1, 0.15) is 25.0 Å². The number of rotatable bonds is 2. The van der Waals surface area contributed by atoms with Crippen LogP contribution in [0, 0.1) is 0 Å². The monoisotopic (exact) mass is 333 g/mol. The number of amides is 3. The second-order valence-corrected chi connectivity index (χ2v) is 5.71. The summed E-state index contributed by atoms with van der Waals surface area (Å²) in [6.45, 7) is 1.05. The van der Waals surface area contributed by atoms with Crippen molar-refractivity contribution >= 4 is 29.3 Å². The zero-order chi connectivity index (χ0) is 16.8. The third-order valence-corrected chi connectivity index (χ3v) is 4.30. The highest BCUT2D eigenvalue weighted by molar-refractivity contribution is 5.99. The number of fused-ring (bicyclic) bond motifs is 3. The van der Waals surface area contributed by atoms with Gasteiger partial charge in [-0.2, -0.15) is 0 Å². The number of carbonyl (C=O) groups is 3. The second-order valence-electron chi connectivity index (χ2n) is 5.71. The summed E-state index contributed by atoms with van der Waals surface area (Å²) in [6.07, 6.45) is -1.67. The maximum atomic E-state index is 12.1. The maximum absolute atomic E-state index is 12.1. The Morgan fingerprint density at radius 1 is 1.29 bits per heavy atom. The van der Waals surface area contributed by atoms with Crippen molar-refractivity contribution in [2.75, 3.05) is 36.2 Å². The molecule has 3 amide bonds. The number of hydrogen-bond acceptors (Lipinski definition) is 6. The first-order valence-electron chi connectivity index (χ1n) is 7.50. The first-order chi connectivity index (χ1) is 11.6. The van der Waals surface area contributed by atoms with Crippen LogP contribution in [0.15, 0.2) is 18.2 Å². The lowest BCUT2D eigenvalue weighted by atomic mass is 10.1. The van der Waals surface area contributed by atoms with Crippen molar-refractivity contribution in [3.05, 3.63) is 18.2 Å². The molecule has 9 heteroatoms. The number of hydrogen-bond donors (Lipinski definition) is 1. The van der Waals surface area contributed by atoms with Crippen LogP contribution in [0.5, 0.6) is 5.75 Å². The van der Waals surface area contributed by atoms with Crippen LogP contribution in [0.2, 0.25) is 0 Å². The molecule has 24 heavy (non-hydrogen) atoms. The molecule has 1 aromatic rings. The highest BCUT2D eigenvalue weighted by Crippen LogP contribution is 2.41. The van der Waals surface area contributed by atoms with Gasteiger partial charge in [0.25, 0.3) is 11.8 Å². The summed E-state index contributed by atoms with van der Waals surface area (Å²) in [4.78, 5) is 38.4. The second kappa shape index (κ2) is 5.38. The van der Waals surface area contributed by atoms with Crippen LogP contribution < -0.4 is 20.3 Å². The average molecular weight is 333 g/mol. The van der Waals surface area contributed by atoms with E-state index in [1.807, 2.05) is 0 Å². The molecule has 126 valence electrons. The third-order valence-electron chi connectivity index (χ3n) is 4.30. The predicted octanol–water partition coefficient (Wildman–Crippen LogP) is -0.379. The van der Waals surface area contributed by atoms with E-state index in [1.165, 1.54) is 4.90 Å². The van der Waals surface area contributed by atoms with E-state index in [9.17, 15) is 14.4 Å². The lowest BCUT2D eigenvalue weighted by molar-refractivity contribution is -0.126. The van der Waals surface area contributed by atoms with E-state index in [-0.39, 0.29) is 19.1 Å². The van der Waals surface area contributed by atoms with Gasteiger partial charge < -0.3 is 24.8 Å². The third kappa shape index (κ3) is 2.16. The number of anilines is 2. The van der Waals surface area contributed by atoms with Crippen LogP contribution in [0.4, 0.5) is 16.2 Å². The molecule has 9 nitrogen and oxygen atoms in total. The summed E-state index contributed by atoms with van der Waals surface area (Å²) in [5.41, 5.74) is 6.43. The molecule has 3 heterocycles. The Morgan fingerprint density at radius 2 is 2.12 bits per heavy atom. The van der Waals surface area contributed by atoms with Crippen molar-refractivity contribution in [2.24, 2.45) is 5.73 Å². The number of benzene rings is 1. The molecule has 0 aromatic heterocycles. The molecule has 0 saturated carbocycles. The standard InChI is InChI=1S/C15H15N3O6/c16-14(20)13-10-6-23-11-5-8(17-3-4-22-7-12(17)19)1-2-9(11)18(10)15(21)24-13/h1-2,5,10,13H,3-4,6-7H2,(H2,16,20)/t10-,13+/m0/s1. The average Bonchev–Trinajstić information content (AvgIpc) is 2.92. The van der Waals surface area contributed by atoms with Crippen molar-refractivity contribution in [1.82, 2.24) is 0 Å². The predicted molar refractivity (Wildman–Crippen MR) is 80.8 cm³/mol. The molecule has 0 unspecified atom stereocenters. The Kier molecular flexibility index (Phi) is 3.31. The topological polar surface area (TPSA) is 111 Å². The summed E-state index contributed by atoms with van der Waals surface area (Å²) in [5.74, 6) is -0.396. The Bertz CT molecular complexity index is 736. The molecule has 3 aliphatic heterocycles. The number of carbonyl (C=O) groups excluding carboxylic acids is 3. The van der Waals surface area contributed by atoms with Crippen LogP contribution >= 0.6 is 0 Å². The fourth-order valence-electron chi connectivity index (χ4n) is 3.15. The fraction of sp³-hybridized carbons (Fsp3) is 0.400. The molecule has 2 N–H and O–H groups in total. The zero-order valence-corrected chi connectivity index (χ0v) is 12.6. The highest BCUT2D eigenvalue weighted by atomic mass is 16.6. The smallest absolute Gasteiger partial charge is 0.415 e. The van der Waals surface area contributed by atoms with E-state index >= 15 is 0 Å². The minimum atomic E-state index is -1.04. The largest absolute Gasteiger partial charge is 0.489 e. The van der Waals surface area contributed by atoms with Crippen molar-refractivity contribution in [3.63, 3.8) is 0 Å². The summed E-state index contributed by atoms with van der Waals surface area (Å²) in [6, 6.07) is 4.50. The van der Waals surface area contributed by atoms with Crippen molar-refractivity contribution < 1.29 is 28.6 Å². The van der Waals surface area contributed by atoms with E-state index in [0.29, 0.717) is 30.3 Å². The van der Waals surface area contributed by atoms with Gasteiger partial charge in [-0.15, -0.1) is 0 Å². The molecule has 0 radical (unpaired) electrons. The van der Waals surface area contributed by atoms with E-state index in [2.05, 4.69) is 0 Å². The summed E-state index contributed by atoms with van der Waals surface area (Å²) < 4.78 is 15.8. The van der Waals surface area contributed by atoms with Gasteiger partial charge in [0.15, 0.2) is 0 Å². The lowest BCUT2D eigenvalue weighted by Gasteiger charge is -2.32. The molecular weight excluding hydrogens is 318 g/mol. The Hall–Kier alpha value is -2.81. The Morgan fingerprint density at radius 3 is 2.88 bits per heavy atom. The molecule has 0 spiro atoms. The van der Waals surface area contributed by atoms with Gasteiger partial charge in [0.05, 0.1) is 12.3 Å². The number of cyclic esters (lactones) is 1. The van der Waals surface area contributed by atoms with Gasteiger partial charge in [-0.25, -0.2) is 4.79 Å². The maximum Gasteiger partial charge on any atom is 0.415 e. The van der Waals surface area contributed by atoms with Crippen LogP contribution in [-0.2, 0) is 19.1 Å². The molecular formula is C15H15N3O6. The van der Waals surface area contributed by atoms with Crippen LogP contribution in [0.25, 0.3) is 0 Å². The molecule has 2 fully saturated rings. The minimum Gasteiger partial charge on any atom is -0.489 e. The van der Waals surface area contributed by atoms with Gasteiger partial charge in [-0.05, 0) is 12.1 Å². The van der Waals surface area contributed by atoms with Gasteiger partial charge in [-0.1, -0.05) is 0 Å². The summed E-state index contributed by atoms with van der Waals surface area (Å²) in [5, 5.41) is 0. The van der Waals surface area contributed by atoms with E-state index in [4.69, 9.17) is 19.9 Å². The number of ether oxygens (including phenoxy) is 3. The van der Waals surface area contributed by atoms with E-state index < -0.39 is 24.1 Å². The normalized spacial score (nSPS) is 25.7. The number of morpholine rings is 1. The van der Waals surface area contributed by atoms with Crippen molar-refractivity contribution in [1.29, 1.82) is 0 Å². The molecule has 4 rings (SSSR count). The van der Waals surface area contributed by atoms with Crippen LogP contribution in [-0.4, -0.2) is 56.4 Å². The van der Waals surface area contributed by atoms with E-state index in [0.717, 1.165) is 0 Å². The molecule has 1 aromatic carbocycles. The molecule has 2 saturated heterocycles. The molecule has 0 bridgehead atoms. The van der Waals surface area contributed by atoms with Gasteiger partial charge in [0, 0.05) is 18.3 Å². The first-order valence-corrected chi connectivity index (χ1v) is 7.50. The van der Waals surface area contributed by atoms with Gasteiger partial charge in [-0.3, -0.25) is 14.5 Å². The number of nitrogens with two attached hydrogens (primary N) is 1. The van der Waals surface area contributed by atoms with Crippen LogP contribution in [0.1, 0.15) is 0 Å². The Balaban J connectivity index is 1.67. The Labute approximate surface area is 136 Å². The number of nitrogens with zero attached hydrogens (tertiary/aromatic N) is 2. The van der Waals surface area contributed by atoms with E-state index in [1.54, 1.807) is 23.1 Å². The highest BCUT2D eigenvalue weighted by Gasteiger charge is 2.49.